The summed E-state index contributed by atoms with van der Waals surface area (Å²) in [5.74, 6) is -0.280. The lowest BCUT2D eigenvalue weighted by Gasteiger charge is -2.24. The molecule has 90 valence electrons. The molecular formula is C13H19FO2. The Morgan fingerprint density at radius 3 is 2.69 bits per heavy atom. The van der Waals surface area contributed by atoms with Gasteiger partial charge in [-0.25, -0.2) is 4.39 Å². The third-order valence-electron chi connectivity index (χ3n) is 2.20. The molecule has 16 heavy (non-hydrogen) atoms. The van der Waals surface area contributed by atoms with Crippen LogP contribution in [-0.4, -0.2) is 23.4 Å². The lowest BCUT2D eigenvalue weighted by molar-refractivity contribution is -0.0529. The maximum atomic E-state index is 12.9. The third-order valence-corrected chi connectivity index (χ3v) is 2.20. The summed E-state index contributed by atoms with van der Waals surface area (Å²) in [7, 11) is 0. The van der Waals surface area contributed by atoms with Crippen molar-refractivity contribution in [3.05, 3.63) is 35.6 Å². The monoisotopic (exact) mass is 226 g/mol. The van der Waals surface area contributed by atoms with E-state index in [4.69, 9.17) is 4.74 Å². The number of rotatable bonds is 5. The van der Waals surface area contributed by atoms with Crippen molar-refractivity contribution in [3.8, 4) is 0 Å². The van der Waals surface area contributed by atoms with Crippen LogP contribution >= 0.6 is 0 Å². The zero-order chi connectivity index (χ0) is 12.2. The fraction of sp³-hybridized carbons (Fsp3) is 0.538. The molecule has 0 bridgehead atoms. The van der Waals surface area contributed by atoms with Crippen molar-refractivity contribution in [2.75, 3.05) is 6.61 Å². The lowest BCUT2D eigenvalue weighted by Crippen LogP contribution is -2.34. The minimum atomic E-state index is -0.960. The maximum Gasteiger partial charge on any atom is 0.123 e. The summed E-state index contributed by atoms with van der Waals surface area (Å²) in [5, 5.41) is 10.1. The van der Waals surface area contributed by atoms with Crippen molar-refractivity contribution in [2.45, 2.75) is 38.9 Å². The van der Waals surface area contributed by atoms with E-state index in [9.17, 15) is 9.50 Å². The molecule has 1 aromatic rings. The van der Waals surface area contributed by atoms with Gasteiger partial charge in [0.2, 0.25) is 0 Å². The molecule has 0 aliphatic heterocycles. The molecular weight excluding hydrogens is 207 g/mol. The Balaban J connectivity index is 2.58. The number of aliphatic hydroxyl groups is 1. The molecule has 0 saturated carbocycles. The minimum absolute atomic E-state index is 0.0824. The Kier molecular flexibility index (Phi) is 4.44. The molecule has 0 radical (unpaired) electrons. The van der Waals surface area contributed by atoms with Gasteiger partial charge in [0, 0.05) is 6.42 Å². The Labute approximate surface area is 96.1 Å². The summed E-state index contributed by atoms with van der Waals surface area (Å²) in [4.78, 5) is 0. The quantitative estimate of drug-likeness (QED) is 0.836. The van der Waals surface area contributed by atoms with Crippen molar-refractivity contribution in [3.63, 3.8) is 0 Å². The summed E-state index contributed by atoms with van der Waals surface area (Å²) in [6.45, 7) is 5.78. The summed E-state index contributed by atoms with van der Waals surface area (Å²) >= 11 is 0. The van der Waals surface area contributed by atoms with Crippen LogP contribution in [0, 0.1) is 5.82 Å². The molecule has 3 heteroatoms. The first-order chi connectivity index (χ1) is 7.39. The first-order valence-electron chi connectivity index (χ1n) is 5.47. The van der Waals surface area contributed by atoms with Crippen LogP contribution in [0.4, 0.5) is 4.39 Å². The molecule has 0 amide bonds. The minimum Gasteiger partial charge on any atom is -0.387 e. The molecule has 1 rings (SSSR count). The molecule has 0 saturated heterocycles. The van der Waals surface area contributed by atoms with E-state index in [1.165, 1.54) is 12.1 Å². The van der Waals surface area contributed by atoms with E-state index in [0.29, 0.717) is 6.42 Å². The highest BCUT2D eigenvalue weighted by atomic mass is 19.1. The largest absolute Gasteiger partial charge is 0.387 e. The van der Waals surface area contributed by atoms with Gasteiger partial charge in [0.1, 0.15) is 5.82 Å². The average Bonchev–Trinajstić information content (AvgIpc) is 2.14. The molecule has 0 aliphatic rings. The summed E-state index contributed by atoms with van der Waals surface area (Å²) in [6.07, 6.45) is 0.469. The summed E-state index contributed by atoms with van der Waals surface area (Å²) < 4.78 is 18.3. The first kappa shape index (κ1) is 13.1. The van der Waals surface area contributed by atoms with Gasteiger partial charge < -0.3 is 9.84 Å². The zero-order valence-electron chi connectivity index (χ0n) is 10.0. The normalized spacial score (nSPS) is 15.1. The molecule has 1 aromatic carbocycles. The van der Waals surface area contributed by atoms with Crippen LogP contribution in [0.3, 0.4) is 0 Å². The molecule has 0 fully saturated rings. The molecule has 1 unspecified atom stereocenters. The van der Waals surface area contributed by atoms with E-state index < -0.39 is 5.60 Å². The Bertz CT molecular complexity index is 334. The van der Waals surface area contributed by atoms with E-state index in [-0.39, 0.29) is 18.5 Å². The van der Waals surface area contributed by atoms with Crippen LogP contribution in [0.25, 0.3) is 0 Å². The van der Waals surface area contributed by atoms with Gasteiger partial charge >= 0.3 is 0 Å². The second kappa shape index (κ2) is 5.41. The summed E-state index contributed by atoms with van der Waals surface area (Å²) in [6, 6.07) is 6.27. The fourth-order valence-corrected chi connectivity index (χ4v) is 1.48. The predicted octanol–water partition coefficient (Wildman–Crippen LogP) is 2.54. The first-order valence-corrected chi connectivity index (χ1v) is 5.47. The number of hydrogen-bond donors (Lipinski definition) is 1. The number of hydrogen-bond acceptors (Lipinski definition) is 2. The smallest absolute Gasteiger partial charge is 0.123 e. The van der Waals surface area contributed by atoms with Crippen molar-refractivity contribution in [2.24, 2.45) is 0 Å². The van der Waals surface area contributed by atoms with Gasteiger partial charge in [-0.05, 0) is 38.5 Å². The number of ether oxygens (including phenoxy) is 1. The van der Waals surface area contributed by atoms with Gasteiger partial charge in [-0.2, -0.15) is 0 Å². The molecule has 1 atom stereocenters. The summed E-state index contributed by atoms with van der Waals surface area (Å²) in [5.41, 5.74) is -0.185. The standard InChI is InChI=1S/C13H19FO2/c1-10(2)16-9-13(3,15)8-11-5-4-6-12(14)7-11/h4-7,10,15H,8-9H2,1-3H3. The molecule has 0 heterocycles. The molecule has 0 spiro atoms. The van der Waals surface area contributed by atoms with Gasteiger partial charge in [-0.15, -0.1) is 0 Å². The second-order valence-electron chi connectivity index (χ2n) is 4.66. The van der Waals surface area contributed by atoms with Crippen LogP contribution in [0.15, 0.2) is 24.3 Å². The van der Waals surface area contributed by atoms with E-state index in [1.807, 2.05) is 13.8 Å². The van der Waals surface area contributed by atoms with Crippen LogP contribution in [0.5, 0.6) is 0 Å². The molecule has 1 N–H and O–H groups in total. The van der Waals surface area contributed by atoms with Crippen molar-refractivity contribution >= 4 is 0 Å². The van der Waals surface area contributed by atoms with Crippen molar-refractivity contribution < 1.29 is 14.2 Å². The highest BCUT2D eigenvalue weighted by molar-refractivity contribution is 5.18. The Morgan fingerprint density at radius 2 is 2.12 bits per heavy atom. The van der Waals surface area contributed by atoms with Gasteiger partial charge in [-0.3, -0.25) is 0 Å². The maximum absolute atomic E-state index is 12.9. The van der Waals surface area contributed by atoms with Crippen LogP contribution < -0.4 is 0 Å². The fourth-order valence-electron chi connectivity index (χ4n) is 1.48. The second-order valence-corrected chi connectivity index (χ2v) is 4.66. The van der Waals surface area contributed by atoms with Crippen LogP contribution in [0.2, 0.25) is 0 Å². The predicted molar refractivity (Wildman–Crippen MR) is 61.8 cm³/mol. The van der Waals surface area contributed by atoms with E-state index in [2.05, 4.69) is 0 Å². The van der Waals surface area contributed by atoms with Crippen LogP contribution in [0.1, 0.15) is 26.3 Å². The lowest BCUT2D eigenvalue weighted by atomic mass is 9.97. The Hall–Kier alpha value is -0.930. The van der Waals surface area contributed by atoms with Crippen molar-refractivity contribution in [1.82, 2.24) is 0 Å². The Morgan fingerprint density at radius 1 is 1.44 bits per heavy atom. The van der Waals surface area contributed by atoms with E-state index >= 15 is 0 Å². The highest BCUT2D eigenvalue weighted by Gasteiger charge is 2.22. The van der Waals surface area contributed by atoms with E-state index in [1.54, 1.807) is 19.1 Å². The number of halogens is 1. The third kappa shape index (κ3) is 4.73. The van der Waals surface area contributed by atoms with Crippen LogP contribution in [-0.2, 0) is 11.2 Å². The van der Waals surface area contributed by atoms with Crippen molar-refractivity contribution in [1.29, 1.82) is 0 Å². The SMILES string of the molecule is CC(C)OCC(C)(O)Cc1cccc(F)c1. The average molecular weight is 226 g/mol. The van der Waals surface area contributed by atoms with Gasteiger partial charge in [0.05, 0.1) is 18.3 Å². The van der Waals surface area contributed by atoms with E-state index in [0.717, 1.165) is 5.56 Å². The van der Waals surface area contributed by atoms with Gasteiger partial charge in [-0.1, -0.05) is 12.1 Å². The molecule has 0 aromatic heterocycles. The topological polar surface area (TPSA) is 29.5 Å². The molecule has 2 nitrogen and oxygen atoms in total. The molecule has 0 aliphatic carbocycles. The zero-order valence-corrected chi connectivity index (χ0v) is 10.0. The highest BCUT2D eigenvalue weighted by Crippen LogP contribution is 2.15. The number of benzene rings is 1. The van der Waals surface area contributed by atoms with Gasteiger partial charge in [0.25, 0.3) is 0 Å². The van der Waals surface area contributed by atoms with Gasteiger partial charge in [0.15, 0.2) is 0 Å².